The van der Waals surface area contributed by atoms with E-state index < -0.39 is 0 Å². The van der Waals surface area contributed by atoms with E-state index in [1.807, 2.05) is 7.05 Å². The van der Waals surface area contributed by atoms with Crippen LogP contribution in [0, 0.1) is 5.82 Å². The summed E-state index contributed by atoms with van der Waals surface area (Å²) in [6.45, 7) is 4.68. The van der Waals surface area contributed by atoms with Crippen molar-refractivity contribution in [2.75, 3.05) is 18.5 Å². The molecular formula is C12H13ClFN. The van der Waals surface area contributed by atoms with E-state index in [2.05, 4.69) is 11.5 Å². The van der Waals surface area contributed by atoms with Crippen LogP contribution in [0.1, 0.15) is 17.5 Å². The van der Waals surface area contributed by atoms with E-state index in [1.54, 1.807) is 12.1 Å². The molecule has 0 N–H and O–H groups in total. The van der Waals surface area contributed by atoms with Crippen LogP contribution in [-0.2, 0) is 6.42 Å². The first kappa shape index (κ1) is 10.5. The Morgan fingerprint density at radius 2 is 2.33 bits per heavy atom. The van der Waals surface area contributed by atoms with Gasteiger partial charge in [-0.2, -0.15) is 0 Å². The van der Waals surface area contributed by atoms with Gasteiger partial charge >= 0.3 is 0 Å². The molecule has 0 aromatic heterocycles. The van der Waals surface area contributed by atoms with Crippen molar-refractivity contribution < 1.29 is 4.39 Å². The zero-order valence-corrected chi connectivity index (χ0v) is 9.44. The minimum absolute atomic E-state index is 0.178. The molecule has 0 bridgehead atoms. The number of halogens is 2. The lowest BCUT2D eigenvalue weighted by Crippen LogP contribution is -2.25. The molecule has 0 fully saturated rings. The quantitative estimate of drug-likeness (QED) is 0.707. The zero-order valence-electron chi connectivity index (χ0n) is 8.69. The monoisotopic (exact) mass is 225 g/mol. The molecule has 0 unspecified atom stereocenters. The lowest BCUT2D eigenvalue weighted by Gasteiger charge is -2.29. The predicted molar refractivity (Wildman–Crippen MR) is 63.1 cm³/mol. The molecule has 0 radical (unpaired) electrons. The third-order valence-corrected chi connectivity index (χ3v) is 3.22. The Kier molecular flexibility index (Phi) is 2.70. The highest BCUT2D eigenvalue weighted by Gasteiger charge is 2.20. The third-order valence-electron chi connectivity index (χ3n) is 2.83. The van der Waals surface area contributed by atoms with E-state index in [1.165, 1.54) is 0 Å². The molecular weight excluding hydrogens is 213 g/mol. The Balaban J connectivity index is 2.70. The fourth-order valence-electron chi connectivity index (χ4n) is 2.14. The van der Waals surface area contributed by atoms with Crippen molar-refractivity contribution in [2.24, 2.45) is 0 Å². The van der Waals surface area contributed by atoms with Gasteiger partial charge in [0.25, 0.3) is 0 Å². The van der Waals surface area contributed by atoms with Gasteiger partial charge in [-0.15, -0.1) is 0 Å². The van der Waals surface area contributed by atoms with Crippen molar-refractivity contribution >= 4 is 23.4 Å². The fraction of sp³-hybridized carbons (Fsp3) is 0.333. The number of hydrogen-bond donors (Lipinski definition) is 0. The van der Waals surface area contributed by atoms with Gasteiger partial charge < -0.3 is 4.90 Å². The van der Waals surface area contributed by atoms with E-state index in [0.717, 1.165) is 30.6 Å². The van der Waals surface area contributed by atoms with Gasteiger partial charge in [-0.05, 0) is 24.5 Å². The predicted octanol–water partition coefficient (Wildman–Crippen LogP) is 3.50. The van der Waals surface area contributed by atoms with Crippen molar-refractivity contribution in [3.8, 4) is 0 Å². The van der Waals surface area contributed by atoms with E-state index in [4.69, 9.17) is 11.6 Å². The lowest BCUT2D eigenvalue weighted by atomic mass is 9.97. The molecule has 2 rings (SSSR count). The Morgan fingerprint density at radius 3 is 3.00 bits per heavy atom. The summed E-state index contributed by atoms with van der Waals surface area (Å²) in [5, 5.41) is 0.178. The second kappa shape index (κ2) is 3.86. The summed E-state index contributed by atoms with van der Waals surface area (Å²) in [7, 11) is 2.00. The molecule has 0 atom stereocenters. The summed E-state index contributed by atoms with van der Waals surface area (Å²) in [6.07, 6.45) is 3.60. The highest BCUT2D eigenvalue weighted by molar-refractivity contribution is 6.32. The average molecular weight is 226 g/mol. The van der Waals surface area contributed by atoms with Crippen molar-refractivity contribution in [1.29, 1.82) is 0 Å². The second-order valence-corrected chi connectivity index (χ2v) is 4.20. The maximum absolute atomic E-state index is 13.5. The van der Waals surface area contributed by atoms with Crippen molar-refractivity contribution in [3.63, 3.8) is 0 Å². The smallest absolute Gasteiger partial charge is 0.142 e. The van der Waals surface area contributed by atoms with Crippen LogP contribution in [0.5, 0.6) is 0 Å². The van der Waals surface area contributed by atoms with Gasteiger partial charge in [0.15, 0.2) is 0 Å². The van der Waals surface area contributed by atoms with Gasteiger partial charge in [0.2, 0.25) is 0 Å². The molecule has 0 saturated carbocycles. The summed E-state index contributed by atoms with van der Waals surface area (Å²) in [6, 6.07) is 1.54. The molecule has 15 heavy (non-hydrogen) atoms. The molecule has 0 amide bonds. The molecule has 0 aliphatic carbocycles. The third kappa shape index (κ3) is 1.63. The number of benzene rings is 1. The van der Waals surface area contributed by atoms with Gasteiger partial charge in [0.05, 0.1) is 5.02 Å². The molecule has 1 aromatic rings. The largest absolute Gasteiger partial charge is 0.374 e. The first-order valence-corrected chi connectivity index (χ1v) is 5.37. The van der Waals surface area contributed by atoms with Crippen LogP contribution in [0.25, 0.3) is 6.08 Å². The number of hydrogen-bond acceptors (Lipinski definition) is 1. The van der Waals surface area contributed by atoms with Crippen LogP contribution in [-0.4, -0.2) is 13.6 Å². The number of fused-ring (bicyclic) bond motifs is 1. The Bertz CT molecular complexity index is 415. The molecule has 1 heterocycles. The summed E-state index contributed by atoms with van der Waals surface area (Å²) >= 11 is 5.92. The van der Waals surface area contributed by atoms with E-state index in [-0.39, 0.29) is 10.8 Å². The molecule has 1 aliphatic rings. The molecule has 1 aliphatic heterocycles. The van der Waals surface area contributed by atoms with E-state index in [0.29, 0.717) is 5.56 Å². The number of anilines is 1. The standard InChI is InChI=1S/C12H13ClFN/c1-3-9-11(13)10(14)7-8-5-4-6-15(2)12(8)9/h3,7H,1,4-6H2,2H3. The van der Waals surface area contributed by atoms with Crippen molar-refractivity contribution in [3.05, 3.63) is 34.6 Å². The van der Waals surface area contributed by atoms with Crippen LogP contribution in [0.3, 0.4) is 0 Å². The summed E-state index contributed by atoms with van der Waals surface area (Å²) in [5.41, 5.74) is 2.78. The highest BCUT2D eigenvalue weighted by atomic mass is 35.5. The van der Waals surface area contributed by atoms with Crippen LogP contribution < -0.4 is 4.90 Å². The maximum atomic E-state index is 13.5. The molecule has 0 saturated heterocycles. The number of nitrogens with zero attached hydrogens (tertiary/aromatic N) is 1. The van der Waals surface area contributed by atoms with Crippen LogP contribution in [0.2, 0.25) is 5.02 Å². The van der Waals surface area contributed by atoms with E-state index in [9.17, 15) is 4.39 Å². The minimum atomic E-state index is -0.347. The minimum Gasteiger partial charge on any atom is -0.374 e. The van der Waals surface area contributed by atoms with Gasteiger partial charge in [-0.1, -0.05) is 24.3 Å². The van der Waals surface area contributed by atoms with Crippen molar-refractivity contribution in [1.82, 2.24) is 0 Å². The first-order chi connectivity index (χ1) is 7.15. The van der Waals surface area contributed by atoms with Gasteiger partial charge in [0, 0.05) is 24.8 Å². The van der Waals surface area contributed by atoms with Crippen LogP contribution >= 0.6 is 11.6 Å². The Hall–Kier alpha value is -1.02. The second-order valence-electron chi connectivity index (χ2n) is 3.82. The normalized spacial score (nSPS) is 15.0. The maximum Gasteiger partial charge on any atom is 0.142 e. The SMILES string of the molecule is C=Cc1c(Cl)c(F)cc2c1N(C)CCC2. The van der Waals surface area contributed by atoms with E-state index >= 15 is 0 Å². The zero-order chi connectivity index (χ0) is 11.0. The average Bonchev–Trinajstić information content (AvgIpc) is 2.21. The highest BCUT2D eigenvalue weighted by Crippen LogP contribution is 2.36. The Morgan fingerprint density at radius 1 is 1.60 bits per heavy atom. The molecule has 3 heteroatoms. The van der Waals surface area contributed by atoms with Crippen LogP contribution in [0.15, 0.2) is 12.6 Å². The molecule has 1 aromatic carbocycles. The topological polar surface area (TPSA) is 3.24 Å². The summed E-state index contributed by atoms with van der Waals surface area (Å²) < 4.78 is 13.5. The van der Waals surface area contributed by atoms with Gasteiger partial charge in [0.1, 0.15) is 5.82 Å². The summed E-state index contributed by atoms with van der Waals surface area (Å²) in [4.78, 5) is 2.11. The first-order valence-electron chi connectivity index (χ1n) is 4.99. The van der Waals surface area contributed by atoms with Gasteiger partial charge in [-0.25, -0.2) is 4.39 Å². The molecule has 1 nitrogen and oxygen atoms in total. The van der Waals surface area contributed by atoms with Gasteiger partial charge in [-0.3, -0.25) is 0 Å². The number of rotatable bonds is 1. The summed E-state index contributed by atoms with van der Waals surface area (Å²) in [5.74, 6) is -0.347. The Labute approximate surface area is 94.2 Å². The fourth-order valence-corrected chi connectivity index (χ4v) is 2.36. The molecule has 0 spiro atoms. The molecule has 80 valence electrons. The van der Waals surface area contributed by atoms with Crippen molar-refractivity contribution in [2.45, 2.75) is 12.8 Å². The lowest BCUT2D eigenvalue weighted by molar-refractivity contribution is 0.621. The van der Waals surface area contributed by atoms with Crippen LogP contribution in [0.4, 0.5) is 10.1 Å². The number of aryl methyl sites for hydroxylation is 1.